The zero-order valence-electron chi connectivity index (χ0n) is 18.4. The molecule has 5 atom stereocenters. The molecule has 5 aliphatic carbocycles. The number of alkyl halides is 3. The van der Waals surface area contributed by atoms with Gasteiger partial charge in [0.1, 0.15) is 5.82 Å². The third-order valence-corrected chi connectivity index (χ3v) is 8.68. The van der Waals surface area contributed by atoms with Gasteiger partial charge in [0.25, 0.3) is 0 Å². The summed E-state index contributed by atoms with van der Waals surface area (Å²) in [6.45, 7) is 4.52. The van der Waals surface area contributed by atoms with Crippen molar-refractivity contribution < 1.29 is 17.9 Å². The van der Waals surface area contributed by atoms with Gasteiger partial charge in [-0.05, 0) is 44.2 Å². The number of aromatic nitrogens is 3. The van der Waals surface area contributed by atoms with Crippen LogP contribution >= 0.6 is 0 Å². The Bertz CT molecular complexity index is 1120. The molecule has 2 aromatic rings. The maximum Gasteiger partial charge on any atom is 0.573 e. The standard InChI is InChI=1S/C23H27F3N6O/c1-30-4-6-31(7-5-30)16-9-14-18-19(16)22(14,18)32-11-15(29-21(32)12-2-3-12)13-8-17(20(27)28-10-13)33-23(24,25)26/h8,10-12,14,16,18-19H,2-7,9H2,1H3,(H2,27,28)/t14-,16?,18-,19?,22-/m1/s1. The second-order valence-electron chi connectivity index (χ2n) is 10.5. The summed E-state index contributed by atoms with van der Waals surface area (Å²) in [5.41, 5.74) is 6.96. The quantitative estimate of drug-likeness (QED) is 0.740. The molecule has 0 amide bonds. The predicted molar refractivity (Wildman–Crippen MR) is 114 cm³/mol. The Hall–Kier alpha value is -2.33. The fraction of sp³-hybridized carbons (Fsp3) is 0.652. The van der Waals surface area contributed by atoms with Crippen LogP contribution in [-0.4, -0.2) is 70.0 Å². The zero-order valence-corrected chi connectivity index (χ0v) is 18.4. The summed E-state index contributed by atoms with van der Waals surface area (Å²) in [7, 11) is 2.19. The van der Waals surface area contributed by atoms with Crippen LogP contribution in [0.1, 0.15) is 31.0 Å². The third-order valence-electron chi connectivity index (χ3n) is 8.68. The lowest BCUT2D eigenvalue weighted by molar-refractivity contribution is -0.274. The van der Waals surface area contributed by atoms with Crippen molar-refractivity contribution in [1.29, 1.82) is 0 Å². The van der Waals surface area contributed by atoms with Crippen molar-refractivity contribution in [1.82, 2.24) is 24.3 Å². The van der Waals surface area contributed by atoms with Crippen molar-refractivity contribution in [3.63, 3.8) is 0 Å². The fourth-order valence-corrected chi connectivity index (χ4v) is 6.92. The number of nitrogens with two attached hydrogens (primary N) is 1. The molecule has 33 heavy (non-hydrogen) atoms. The van der Waals surface area contributed by atoms with Gasteiger partial charge < -0.3 is 19.9 Å². The number of anilines is 1. The number of pyridine rings is 1. The molecule has 5 saturated carbocycles. The molecule has 6 aliphatic rings. The zero-order chi connectivity index (χ0) is 22.7. The van der Waals surface area contributed by atoms with Crippen LogP contribution < -0.4 is 10.5 Å². The number of hydrogen-bond donors (Lipinski definition) is 1. The third kappa shape index (κ3) is 2.89. The van der Waals surface area contributed by atoms with E-state index in [1.54, 1.807) is 0 Å². The van der Waals surface area contributed by atoms with Crippen molar-refractivity contribution in [3.8, 4) is 17.0 Å². The molecule has 10 heteroatoms. The molecule has 0 radical (unpaired) electrons. The molecule has 1 saturated heterocycles. The second-order valence-corrected chi connectivity index (χ2v) is 10.5. The molecule has 0 aromatic carbocycles. The normalized spacial score (nSPS) is 35.5. The molecule has 2 unspecified atom stereocenters. The van der Waals surface area contributed by atoms with Crippen molar-refractivity contribution in [2.24, 2.45) is 17.8 Å². The first-order valence-electron chi connectivity index (χ1n) is 11.8. The van der Waals surface area contributed by atoms with E-state index in [0.717, 1.165) is 50.8 Å². The van der Waals surface area contributed by atoms with Gasteiger partial charge in [-0.2, -0.15) is 0 Å². The first kappa shape index (κ1) is 20.1. The average Bonchev–Trinajstić information content (AvgIpc) is 3.71. The Morgan fingerprint density at radius 2 is 1.91 bits per heavy atom. The van der Waals surface area contributed by atoms with E-state index in [4.69, 9.17) is 10.7 Å². The SMILES string of the molecule is CN1CCN(C2C[C@@H]3[C@@H]4C2[C@@]34n2cc(-c3cnc(N)c(OC(F)(F)F)c3)nc2C2CC2)CC1. The van der Waals surface area contributed by atoms with Crippen LogP contribution in [0, 0.1) is 17.8 Å². The maximum absolute atomic E-state index is 12.8. The lowest BCUT2D eigenvalue weighted by Gasteiger charge is -2.36. The van der Waals surface area contributed by atoms with E-state index in [9.17, 15) is 13.2 Å². The molecule has 2 N–H and O–H groups in total. The van der Waals surface area contributed by atoms with E-state index in [-0.39, 0.29) is 11.4 Å². The number of fused-ring (bicyclic) bond motifs is 1. The van der Waals surface area contributed by atoms with Gasteiger partial charge in [-0.1, -0.05) is 0 Å². The first-order valence-corrected chi connectivity index (χ1v) is 11.8. The molecule has 8 rings (SSSR count). The maximum atomic E-state index is 12.8. The van der Waals surface area contributed by atoms with Gasteiger partial charge in [-0.15, -0.1) is 13.2 Å². The van der Waals surface area contributed by atoms with E-state index in [2.05, 4.69) is 37.3 Å². The van der Waals surface area contributed by atoms with Gasteiger partial charge in [0, 0.05) is 62.0 Å². The number of nitrogen functional groups attached to an aromatic ring is 1. The molecule has 176 valence electrons. The van der Waals surface area contributed by atoms with Gasteiger partial charge in [0.05, 0.1) is 11.2 Å². The molecule has 3 heterocycles. The van der Waals surface area contributed by atoms with E-state index in [1.807, 2.05) is 0 Å². The van der Waals surface area contributed by atoms with Crippen molar-refractivity contribution in [2.75, 3.05) is 39.0 Å². The minimum Gasteiger partial charge on any atom is -0.402 e. The molecule has 0 spiro atoms. The Labute approximate surface area is 189 Å². The van der Waals surface area contributed by atoms with Crippen LogP contribution in [-0.2, 0) is 5.54 Å². The van der Waals surface area contributed by atoms with E-state index < -0.39 is 12.1 Å². The molecule has 2 aromatic heterocycles. The van der Waals surface area contributed by atoms with Gasteiger partial charge >= 0.3 is 6.36 Å². The first-order chi connectivity index (χ1) is 15.8. The summed E-state index contributed by atoms with van der Waals surface area (Å²) in [5.74, 6) is 2.90. The number of hydrogen-bond acceptors (Lipinski definition) is 6. The summed E-state index contributed by atoms with van der Waals surface area (Å²) in [6, 6.07) is 1.95. The number of ether oxygens (including phenoxy) is 1. The topological polar surface area (TPSA) is 72.4 Å². The minimum absolute atomic E-state index is 0.184. The molecule has 7 nitrogen and oxygen atoms in total. The highest BCUT2D eigenvalue weighted by Gasteiger charge is 2.94. The van der Waals surface area contributed by atoms with Crippen LogP contribution in [0.2, 0.25) is 0 Å². The molecular formula is C23H27F3N6O. The summed E-state index contributed by atoms with van der Waals surface area (Å²) in [6.07, 6.45) is 2.21. The number of imidazole rings is 1. The van der Waals surface area contributed by atoms with E-state index in [1.165, 1.54) is 18.7 Å². The van der Waals surface area contributed by atoms with Crippen molar-refractivity contribution >= 4 is 5.82 Å². The highest BCUT2D eigenvalue weighted by Crippen LogP contribution is 2.89. The van der Waals surface area contributed by atoms with E-state index >= 15 is 0 Å². The Morgan fingerprint density at radius 3 is 2.58 bits per heavy atom. The lowest BCUT2D eigenvalue weighted by Crippen LogP contribution is -2.49. The monoisotopic (exact) mass is 460 g/mol. The van der Waals surface area contributed by atoms with Crippen LogP contribution in [0.5, 0.6) is 5.75 Å². The summed E-state index contributed by atoms with van der Waals surface area (Å²) < 4.78 is 44.8. The number of rotatable bonds is 5. The molecule has 2 bridgehead atoms. The second kappa shape index (κ2) is 6.41. The van der Waals surface area contributed by atoms with Gasteiger partial charge in [-0.3, -0.25) is 4.90 Å². The number of nitrogens with zero attached hydrogens (tertiary/aromatic N) is 5. The molecule has 1 aliphatic heterocycles. The van der Waals surface area contributed by atoms with Crippen LogP contribution in [0.25, 0.3) is 11.3 Å². The Balaban J connectivity index is 1.19. The van der Waals surface area contributed by atoms with Crippen LogP contribution in [0.3, 0.4) is 0 Å². The number of piperazine rings is 1. The minimum atomic E-state index is -4.82. The smallest absolute Gasteiger partial charge is 0.402 e. The largest absolute Gasteiger partial charge is 0.573 e. The summed E-state index contributed by atoms with van der Waals surface area (Å²) >= 11 is 0. The Morgan fingerprint density at radius 1 is 1.15 bits per heavy atom. The molecular weight excluding hydrogens is 433 g/mol. The molecule has 6 fully saturated rings. The highest BCUT2D eigenvalue weighted by molar-refractivity contribution is 5.64. The summed E-state index contributed by atoms with van der Waals surface area (Å²) in [5, 5.41) is 0. The van der Waals surface area contributed by atoms with Crippen molar-refractivity contribution in [2.45, 2.75) is 43.1 Å². The number of likely N-dealkylation sites (N-methyl/N-ethyl adjacent to an activating group) is 1. The van der Waals surface area contributed by atoms with Crippen LogP contribution in [0.15, 0.2) is 18.5 Å². The predicted octanol–water partition coefficient (Wildman–Crippen LogP) is 2.89. The summed E-state index contributed by atoms with van der Waals surface area (Å²) in [4.78, 5) is 13.9. The van der Waals surface area contributed by atoms with Gasteiger partial charge in [0.2, 0.25) is 0 Å². The average molecular weight is 461 g/mol. The van der Waals surface area contributed by atoms with E-state index in [0.29, 0.717) is 35.1 Å². The fourth-order valence-electron chi connectivity index (χ4n) is 6.92. The lowest BCUT2D eigenvalue weighted by atomic mass is 10.1. The van der Waals surface area contributed by atoms with Gasteiger partial charge in [0.15, 0.2) is 11.6 Å². The van der Waals surface area contributed by atoms with Crippen molar-refractivity contribution in [3.05, 3.63) is 24.3 Å². The van der Waals surface area contributed by atoms with Crippen LogP contribution in [0.4, 0.5) is 19.0 Å². The highest BCUT2D eigenvalue weighted by atomic mass is 19.4. The van der Waals surface area contributed by atoms with Gasteiger partial charge in [-0.25, -0.2) is 9.97 Å². The number of halogens is 3. The Kier molecular flexibility index (Phi) is 3.90.